The zero-order valence-electron chi connectivity index (χ0n) is 16.7. The van der Waals surface area contributed by atoms with E-state index in [1.165, 1.54) is 4.90 Å². The number of methoxy groups -OCH3 is 1. The number of primary amides is 1. The fourth-order valence-electron chi connectivity index (χ4n) is 3.64. The number of carbonyl (C=O) groups excluding carboxylic acids is 3. The average molecular weight is 398 g/mol. The Bertz CT molecular complexity index is 927. The summed E-state index contributed by atoms with van der Waals surface area (Å²) in [5.41, 5.74) is 6.19. The number of fused-ring (bicyclic) bond motifs is 1. The van der Waals surface area contributed by atoms with Gasteiger partial charge in [0.2, 0.25) is 5.91 Å². The second-order valence-electron chi connectivity index (χ2n) is 7.30. The summed E-state index contributed by atoms with van der Waals surface area (Å²) < 4.78 is 10.5. The summed E-state index contributed by atoms with van der Waals surface area (Å²) in [7, 11) is 1.62. The molecular formula is C22H26N2O5. The molecule has 0 aromatic heterocycles. The van der Waals surface area contributed by atoms with Crippen LogP contribution >= 0.6 is 0 Å². The first-order valence-electron chi connectivity index (χ1n) is 9.74. The van der Waals surface area contributed by atoms with Crippen LogP contribution in [0.2, 0.25) is 0 Å². The summed E-state index contributed by atoms with van der Waals surface area (Å²) in [5.74, 6) is -1.16. The van der Waals surface area contributed by atoms with Gasteiger partial charge < -0.3 is 20.1 Å². The third-order valence-electron chi connectivity index (χ3n) is 5.41. The summed E-state index contributed by atoms with van der Waals surface area (Å²) in [6, 6.07) is 10.8. The Hall–Kier alpha value is -3.09. The molecule has 1 fully saturated rings. The highest BCUT2D eigenvalue weighted by Crippen LogP contribution is 2.26. The van der Waals surface area contributed by atoms with E-state index in [2.05, 4.69) is 0 Å². The number of benzene rings is 2. The lowest BCUT2D eigenvalue weighted by atomic mass is 9.98. The molecule has 0 saturated carbocycles. The van der Waals surface area contributed by atoms with Crippen molar-refractivity contribution in [3.05, 3.63) is 42.0 Å². The Morgan fingerprint density at radius 2 is 1.86 bits per heavy atom. The fourth-order valence-corrected chi connectivity index (χ4v) is 3.64. The topological polar surface area (TPSA) is 98.9 Å². The minimum absolute atomic E-state index is 0.389. The van der Waals surface area contributed by atoms with Crippen LogP contribution in [0.3, 0.4) is 0 Å². The molecule has 1 saturated heterocycles. The van der Waals surface area contributed by atoms with Crippen molar-refractivity contribution in [2.45, 2.75) is 38.1 Å². The van der Waals surface area contributed by atoms with E-state index < -0.39 is 30.4 Å². The Balaban J connectivity index is 1.63. The van der Waals surface area contributed by atoms with E-state index in [9.17, 15) is 14.4 Å². The number of piperidine rings is 1. The molecule has 0 aliphatic carbocycles. The van der Waals surface area contributed by atoms with Crippen LogP contribution in [0.4, 0.5) is 0 Å². The molecule has 0 bridgehead atoms. The number of carbonyl (C=O) groups is 3. The van der Waals surface area contributed by atoms with Crippen LogP contribution in [0.5, 0.6) is 5.75 Å². The van der Waals surface area contributed by atoms with Gasteiger partial charge in [-0.2, -0.15) is 0 Å². The van der Waals surface area contributed by atoms with E-state index in [0.29, 0.717) is 13.0 Å². The number of hydrogen-bond donors (Lipinski definition) is 1. The van der Waals surface area contributed by atoms with Gasteiger partial charge in [0.05, 0.1) is 13.0 Å². The third kappa shape index (κ3) is 4.67. The van der Waals surface area contributed by atoms with Crippen LogP contribution in [0, 0.1) is 0 Å². The van der Waals surface area contributed by atoms with Crippen LogP contribution < -0.4 is 10.5 Å². The lowest BCUT2D eigenvalue weighted by molar-refractivity contribution is -0.155. The molecule has 7 heteroatoms. The van der Waals surface area contributed by atoms with E-state index in [-0.39, 0.29) is 5.91 Å². The maximum atomic E-state index is 12.5. The van der Waals surface area contributed by atoms with E-state index >= 15 is 0 Å². The number of amides is 2. The standard InChI is InChI=1S/C22H26N2O5/c1-14(15-6-7-17-12-18(28-2)9-8-16(17)11-15)22(27)29-13-20(25)24-10-4-3-5-19(24)21(23)26/h6-9,11-12,14,19H,3-5,10,13H2,1-2H3,(H2,23,26)/t14-,19-/m0/s1. The molecule has 2 amide bonds. The summed E-state index contributed by atoms with van der Waals surface area (Å²) in [5, 5.41) is 1.99. The Morgan fingerprint density at radius 3 is 2.59 bits per heavy atom. The molecule has 1 aliphatic heterocycles. The molecule has 1 heterocycles. The number of nitrogens with two attached hydrogens (primary N) is 1. The monoisotopic (exact) mass is 398 g/mol. The minimum Gasteiger partial charge on any atom is -0.497 e. The Labute approximate surface area is 169 Å². The predicted octanol–water partition coefficient (Wildman–Crippen LogP) is 2.36. The second-order valence-corrected chi connectivity index (χ2v) is 7.30. The molecule has 0 radical (unpaired) electrons. The van der Waals surface area contributed by atoms with Crippen molar-refractivity contribution in [3.8, 4) is 5.75 Å². The summed E-state index contributed by atoms with van der Waals surface area (Å²) in [6.45, 7) is 1.80. The molecule has 2 aromatic rings. The van der Waals surface area contributed by atoms with E-state index in [1.807, 2.05) is 36.4 Å². The first kappa shape index (κ1) is 20.6. The number of nitrogens with zero attached hydrogens (tertiary/aromatic N) is 1. The van der Waals surface area contributed by atoms with Crippen LogP contribution in [0.1, 0.15) is 37.7 Å². The van der Waals surface area contributed by atoms with Crippen molar-refractivity contribution in [1.29, 1.82) is 0 Å². The molecular weight excluding hydrogens is 372 g/mol. The van der Waals surface area contributed by atoms with Crippen LogP contribution in [0.25, 0.3) is 10.8 Å². The Morgan fingerprint density at radius 1 is 1.14 bits per heavy atom. The number of ether oxygens (including phenoxy) is 2. The van der Waals surface area contributed by atoms with Gasteiger partial charge in [-0.3, -0.25) is 14.4 Å². The predicted molar refractivity (Wildman–Crippen MR) is 108 cm³/mol. The van der Waals surface area contributed by atoms with Gasteiger partial charge in [0, 0.05) is 6.54 Å². The molecule has 154 valence electrons. The van der Waals surface area contributed by atoms with Crippen LogP contribution in [-0.2, 0) is 19.1 Å². The second kappa shape index (κ2) is 8.94. The molecule has 0 unspecified atom stereocenters. The first-order valence-corrected chi connectivity index (χ1v) is 9.74. The van der Waals surface area contributed by atoms with Gasteiger partial charge in [-0.1, -0.05) is 24.3 Å². The van der Waals surface area contributed by atoms with Crippen molar-refractivity contribution in [2.24, 2.45) is 5.73 Å². The highest BCUT2D eigenvalue weighted by molar-refractivity contribution is 5.89. The van der Waals surface area contributed by atoms with Crippen molar-refractivity contribution >= 4 is 28.6 Å². The summed E-state index contributed by atoms with van der Waals surface area (Å²) in [6.07, 6.45) is 2.21. The van der Waals surface area contributed by atoms with Gasteiger partial charge in [-0.15, -0.1) is 0 Å². The highest BCUT2D eigenvalue weighted by atomic mass is 16.5. The van der Waals surface area contributed by atoms with Gasteiger partial charge >= 0.3 is 5.97 Å². The van der Waals surface area contributed by atoms with Crippen molar-refractivity contribution in [3.63, 3.8) is 0 Å². The minimum atomic E-state index is -0.621. The number of likely N-dealkylation sites (tertiary alicyclic amines) is 1. The summed E-state index contributed by atoms with van der Waals surface area (Å²) in [4.78, 5) is 37.9. The highest BCUT2D eigenvalue weighted by Gasteiger charge is 2.31. The van der Waals surface area contributed by atoms with Gasteiger partial charge in [0.15, 0.2) is 6.61 Å². The van der Waals surface area contributed by atoms with E-state index in [4.69, 9.17) is 15.2 Å². The number of esters is 1. The van der Waals surface area contributed by atoms with Gasteiger partial charge in [-0.25, -0.2) is 0 Å². The molecule has 7 nitrogen and oxygen atoms in total. The lowest BCUT2D eigenvalue weighted by Gasteiger charge is -2.33. The van der Waals surface area contributed by atoms with Gasteiger partial charge in [-0.05, 0) is 54.7 Å². The summed E-state index contributed by atoms with van der Waals surface area (Å²) >= 11 is 0. The first-order chi connectivity index (χ1) is 13.9. The Kier molecular flexibility index (Phi) is 6.36. The van der Waals surface area contributed by atoms with Gasteiger partial charge in [0.1, 0.15) is 11.8 Å². The van der Waals surface area contributed by atoms with Crippen molar-refractivity contribution in [2.75, 3.05) is 20.3 Å². The molecule has 2 aromatic carbocycles. The molecule has 2 N–H and O–H groups in total. The van der Waals surface area contributed by atoms with Crippen molar-refractivity contribution < 1.29 is 23.9 Å². The van der Waals surface area contributed by atoms with E-state index in [1.54, 1.807) is 14.0 Å². The number of hydrogen-bond acceptors (Lipinski definition) is 5. The molecule has 1 aliphatic rings. The maximum Gasteiger partial charge on any atom is 0.313 e. The van der Waals surface area contributed by atoms with Crippen molar-refractivity contribution in [1.82, 2.24) is 4.90 Å². The smallest absolute Gasteiger partial charge is 0.313 e. The molecule has 0 spiro atoms. The normalized spacial score (nSPS) is 17.6. The van der Waals surface area contributed by atoms with Crippen LogP contribution in [0.15, 0.2) is 36.4 Å². The number of rotatable bonds is 6. The van der Waals surface area contributed by atoms with E-state index in [0.717, 1.165) is 34.9 Å². The zero-order valence-corrected chi connectivity index (χ0v) is 16.7. The average Bonchev–Trinajstić information content (AvgIpc) is 2.75. The largest absolute Gasteiger partial charge is 0.497 e. The fraction of sp³-hybridized carbons (Fsp3) is 0.409. The van der Waals surface area contributed by atoms with Gasteiger partial charge in [0.25, 0.3) is 5.91 Å². The van der Waals surface area contributed by atoms with Crippen LogP contribution in [-0.4, -0.2) is 49.0 Å². The quantitative estimate of drug-likeness (QED) is 0.753. The third-order valence-corrected chi connectivity index (χ3v) is 5.41. The molecule has 2 atom stereocenters. The maximum absolute atomic E-state index is 12.5. The zero-order chi connectivity index (χ0) is 21.0. The molecule has 3 rings (SSSR count). The SMILES string of the molecule is COc1ccc2cc([C@H](C)C(=O)OCC(=O)N3CCCC[C@H]3C(N)=O)ccc2c1. The molecule has 29 heavy (non-hydrogen) atoms. The lowest BCUT2D eigenvalue weighted by Crippen LogP contribution is -2.51.